The van der Waals surface area contributed by atoms with Crippen molar-refractivity contribution < 1.29 is 265 Å². The van der Waals surface area contributed by atoms with Gasteiger partial charge < -0.3 is 35.4 Å². The van der Waals surface area contributed by atoms with Crippen molar-refractivity contribution in [2.45, 2.75) is 171 Å². The molecule has 28 atom stereocenters. The van der Waals surface area contributed by atoms with Crippen LogP contribution in [0.2, 0.25) is 0 Å². The predicted molar refractivity (Wildman–Crippen MR) is 271 cm³/mol. The van der Waals surface area contributed by atoms with E-state index < -0.39 is 302 Å². The molecule has 0 rings (SSSR count). The largest absolute Gasteiger partial charge is 1.00 e. The van der Waals surface area contributed by atoms with Gasteiger partial charge in [0.15, 0.2) is 0 Å². The Bertz CT molecular complexity index is 1840. The van der Waals surface area contributed by atoms with Crippen LogP contribution >= 0.6 is 0 Å². The molecule has 35 N–H and O–H groups in total. The summed E-state index contributed by atoms with van der Waals surface area (Å²) < 4.78 is 26.8. The molecule has 0 aliphatic heterocycles. The molecule has 0 spiro atoms. The van der Waals surface area contributed by atoms with Crippen LogP contribution in [-0.4, -0.2) is 481 Å². The van der Waals surface area contributed by atoms with Gasteiger partial charge in [-0.1, -0.05) is 0 Å². The fourth-order valence-corrected chi connectivity index (χ4v) is 10.5. The number of hydrogen-bond acceptors (Lipinski definition) is 49. The van der Waals surface area contributed by atoms with E-state index in [1.165, 1.54) is 0 Å². The molecule has 0 bridgehead atoms. The van der Waals surface area contributed by atoms with Gasteiger partial charge in [0, 0.05) is 0 Å². The van der Waals surface area contributed by atoms with E-state index in [0.717, 1.165) is 0 Å². The minimum absolute atomic E-state index is 0. The van der Waals surface area contributed by atoms with Crippen molar-refractivity contribution in [1.29, 1.82) is 0 Å². The number of carbonyl (C=O) groups is 7. The summed E-state index contributed by atoms with van der Waals surface area (Å²) >= 11 is -10.8. The maximum Gasteiger partial charge on any atom is 1.00 e. The molecule has 0 unspecified atom stereocenters. The number of carboxylic acids is 1. The third-order valence-corrected chi connectivity index (χ3v) is 17.1. The fourth-order valence-electron chi connectivity index (χ4n) is 5.51. The standard InChI is InChI=1S/7C6H12O7.Na.2Sb/c7*7-1-2(8)3(9)4(10)5(11)6(12)13;;;/h7*2-5,7-11H,1H2,(H,12,13);;;/q;;;;;;;+1;2*+3/p-7/t7*2-,3-,4+,5-;;;/m1111111.../s1. The number of rotatable bonds is 41. The van der Waals surface area contributed by atoms with E-state index in [1.54, 1.807) is 0 Å². The van der Waals surface area contributed by atoms with Gasteiger partial charge in [0.05, 0.1) is 12.6 Å². The summed E-state index contributed by atoms with van der Waals surface area (Å²) in [6.07, 6.45) is -67.0. The van der Waals surface area contributed by atoms with E-state index in [0.29, 0.717) is 0 Å². The van der Waals surface area contributed by atoms with E-state index in [9.17, 15) is 161 Å². The Morgan fingerprint density at radius 1 is 0.223 bits per heavy atom. The van der Waals surface area contributed by atoms with Crippen molar-refractivity contribution >= 4 is 84.7 Å². The van der Waals surface area contributed by atoms with Crippen LogP contribution in [0.1, 0.15) is 0 Å². The number of carbonyl (C=O) groups excluding carboxylic acids is 7. The second-order valence-electron chi connectivity index (χ2n) is 18.5. The number of carboxylic acid groups (broad SMARTS) is 1. The van der Waals surface area contributed by atoms with Crippen molar-refractivity contribution in [1.82, 2.24) is 0 Å². The maximum absolute atomic E-state index is 12.2. The topological polar surface area (TPSA) is 906 Å². The molecule has 0 saturated heterocycles. The Morgan fingerprint density at radius 3 is 0.426 bits per heavy atom. The van der Waals surface area contributed by atoms with Gasteiger partial charge >= 0.3 is 495 Å². The summed E-state index contributed by atoms with van der Waals surface area (Å²) in [6, 6.07) is 0. The molecule has 0 aromatic heterocycles. The predicted octanol–water partition coefficient (Wildman–Crippen LogP) is -30.0. The SMILES string of the molecule is O=C([O-])[C@H](O)[C@@H](O)[C@H](O)[C@H](O)CO.O=C([O][Sb]([O]C(=O)[C@H](O)[C@@H](O)[C@H](O)[C@H](O)CO)[O]C(=O)[C@H](O)[C@@H](O)[C@H](O)[C@H](O)CO)[C@H](O)[C@@H](O)[C@H](O)[C@H](O)CO.O=C([O][Sb]([O]C(=O)[C@H](O)[C@@H](O)[C@H](O)[C@H](O)CO)[O]C(=O)[C@H](O)[C@@H](O)[C@H](O)[C@H](O)CO)[C@H](O)[C@@H](O)[C@H](O)[C@H](O)CO.[Na+]. The molecule has 0 radical (unpaired) electrons. The Kier molecular flexibility index (Phi) is 51.2. The molecule has 0 saturated carbocycles. The fraction of sp³-hybridized carbons (Fsp3) is 0.833. The Labute approximate surface area is 563 Å². The molecular formula is C42H77NaO49Sb2. The number of aliphatic hydroxyl groups is 35. The van der Waals surface area contributed by atoms with E-state index in [-0.39, 0.29) is 29.6 Å². The monoisotopic (exact) mass is 1630 g/mol. The summed E-state index contributed by atoms with van der Waals surface area (Å²) in [4.78, 5) is 83.2. The van der Waals surface area contributed by atoms with Crippen molar-refractivity contribution in [3.8, 4) is 0 Å². The second kappa shape index (κ2) is 49.1. The van der Waals surface area contributed by atoms with Gasteiger partial charge in [0.1, 0.15) is 24.4 Å². The van der Waals surface area contributed by atoms with Crippen LogP contribution in [0.15, 0.2) is 0 Å². The molecular weight excluding hydrogens is 1550 g/mol. The molecule has 550 valence electrons. The summed E-state index contributed by atoms with van der Waals surface area (Å²) in [5.41, 5.74) is 0. The first kappa shape index (κ1) is 97.9. The Balaban J connectivity index is -0.000000717. The van der Waals surface area contributed by atoms with E-state index in [2.05, 4.69) is 18.1 Å². The summed E-state index contributed by atoms with van der Waals surface area (Å²) in [7, 11) is 0. The van der Waals surface area contributed by atoms with Gasteiger partial charge in [-0.25, -0.2) is 0 Å². The van der Waals surface area contributed by atoms with E-state index >= 15 is 0 Å². The zero-order chi connectivity index (χ0) is 73.6. The molecule has 52 heteroatoms. The quantitative estimate of drug-likeness (QED) is 0.0253. The van der Waals surface area contributed by atoms with Gasteiger partial charge in [-0.05, 0) is 0 Å². The van der Waals surface area contributed by atoms with Crippen LogP contribution < -0.4 is 34.7 Å². The summed E-state index contributed by atoms with van der Waals surface area (Å²) in [6.45, 7) is -7.76. The van der Waals surface area contributed by atoms with Gasteiger partial charge in [-0.2, -0.15) is 0 Å². The van der Waals surface area contributed by atoms with Gasteiger partial charge in [-0.3, -0.25) is 0 Å². The van der Waals surface area contributed by atoms with E-state index in [1.807, 2.05) is 0 Å². The van der Waals surface area contributed by atoms with Crippen LogP contribution in [0.5, 0.6) is 0 Å². The van der Waals surface area contributed by atoms with Crippen LogP contribution in [0.3, 0.4) is 0 Å². The second-order valence-corrected chi connectivity index (χ2v) is 24.1. The average Bonchev–Trinajstić information content (AvgIpc) is 1.50. The van der Waals surface area contributed by atoms with Crippen molar-refractivity contribution in [3.05, 3.63) is 0 Å². The molecule has 0 aromatic rings. The molecule has 0 aliphatic carbocycles. The van der Waals surface area contributed by atoms with Crippen LogP contribution in [0, 0.1) is 0 Å². The number of hydrogen-bond donors (Lipinski definition) is 35. The maximum atomic E-state index is 12.2. The summed E-state index contributed by atoms with van der Waals surface area (Å²) in [5, 5.41) is 337. The Morgan fingerprint density at radius 2 is 0.330 bits per heavy atom. The molecule has 94 heavy (non-hydrogen) atoms. The zero-order valence-corrected chi connectivity index (χ0v) is 55.0. The smallest absolute Gasteiger partial charge is 1.00 e. The van der Waals surface area contributed by atoms with Crippen LogP contribution in [-0.2, 0) is 51.7 Å². The Hall–Kier alpha value is -2.47. The van der Waals surface area contributed by atoms with Crippen molar-refractivity contribution in [3.63, 3.8) is 0 Å². The first-order chi connectivity index (χ1) is 42.8. The minimum atomic E-state index is -5.39. The first-order valence-corrected chi connectivity index (χ1v) is 31.5. The number of aliphatic hydroxyl groups excluding tert-OH is 35. The molecule has 0 amide bonds. The van der Waals surface area contributed by atoms with Gasteiger partial charge in [0.2, 0.25) is 0 Å². The molecule has 0 heterocycles. The molecule has 0 aliphatic rings. The van der Waals surface area contributed by atoms with Gasteiger partial charge in [-0.15, -0.1) is 0 Å². The normalized spacial score (nSPS) is 20.7. The summed E-state index contributed by atoms with van der Waals surface area (Å²) in [5.74, 6) is -14.2. The molecule has 49 nitrogen and oxygen atoms in total. The average molecular weight is 1630 g/mol. The third-order valence-electron chi connectivity index (χ3n) is 11.5. The third kappa shape index (κ3) is 32.2. The van der Waals surface area contributed by atoms with Gasteiger partial charge in [0.25, 0.3) is 0 Å². The van der Waals surface area contributed by atoms with Crippen molar-refractivity contribution in [2.24, 2.45) is 0 Å². The van der Waals surface area contributed by atoms with Crippen molar-refractivity contribution in [2.75, 3.05) is 46.2 Å². The number of aliphatic carboxylic acids is 1. The first-order valence-electron chi connectivity index (χ1n) is 25.3. The zero-order valence-electron chi connectivity index (χ0n) is 47.9. The molecule has 0 fully saturated rings. The molecule has 0 aromatic carbocycles. The van der Waals surface area contributed by atoms with E-state index in [4.69, 9.17) is 56.2 Å². The van der Waals surface area contributed by atoms with Crippen LogP contribution in [0.4, 0.5) is 0 Å². The van der Waals surface area contributed by atoms with Crippen LogP contribution in [0.25, 0.3) is 0 Å². The minimum Gasteiger partial charge on any atom is 1.00 e.